The molecule has 0 heterocycles. The topological polar surface area (TPSA) is 0 Å². The van der Waals surface area contributed by atoms with Gasteiger partial charge in [-0.05, 0) is 36.8 Å². The first-order chi connectivity index (χ1) is 8.99. The highest BCUT2D eigenvalue weighted by Crippen LogP contribution is 2.31. The molecule has 2 rings (SSSR count). The highest BCUT2D eigenvalue weighted by atomic mass is 35.5. The molecule has 0 aliphatic rings. The molecule has 0 aromatic heterocycles. The van der Waals surface area contributed by atoms with Gasteiger partial charge < -0.3 is 0 Å². The smallest absolute Gasteiger partial charge is 0.128 e. The van der Waals surface area contributed by atoms with Crippen LogP contribution >= 0.6 is 23.2 Å². The molecule has 2 aromatic carbocycles. The van der Waals surface area contributed by atoms with Crippen LogP contribution in [0, 0.1) is 17.5 Å². The second-order valence-electron chi connectivity index (χ2n) is 4.04. The van der Waals surface area contributed by atoms with Crippen molar-refractivity contribution in [2.45, 2.75) is 11.8 Å². The van der Waals surface area contributed by atoms with Gasteiger partial charge in [0.15, 0.2) is 0 Å². The Morgan fingerprint density at radius 2 is 1.74 bits per heavy atom. The zero-order valence-electron chi connectivity index (χ0n) is 9.64. The first-order valence-electron chi connectivity index (χ1n) is 5.51. The van der Waals surface area contributed by atoms with E-state index in [1.165, 1.54) is 18.2 Å². The van der Waals surface area contributed by atoms with Crippen molar-refractivity contribution in [1.82, 2.24) is 0 Å². The molecule has 0 spiro atoms. The Kier molecular flexibility index (Phi) is 4.38. The fourth-order valence-corrected chi connectivity index (χ4v) is 2.33. The van der Waals surface area contributed by atoms with Crippen LogP contribution in [0.25, 0.3) is 0 Å². The lowest BCUT2D eigenvalue weighted by Crippen LogP contribution is -2.02. The van der Waals surface area contributed by atoms with Gasteiger partial charge in [0.1, 0.15) is 17.5 Å². The first kappa shape index (κ1) is 14.2. The number of hydrogen-bond acceptors (Lipinski definition) is 0. The highest BCUT2D eigenvalue weighted by Gasteiger charge is 2.18. The minimum absolute atomic E-state index is 0.0130. The van der Waals surface area contributed by atoms with Crippen molar-refractivity contribution in [1.29, 1.82) is 0 Å². The average Bonchev–Trinajstić information content (AvgIpc) is 2.37. The molecule has 19 heavy (non-hydrogen) atoms. The fraction of sp³-hybridized carbons (Fsp3) is 0.143. The molecule has 0 nitrogen and oxygen atoms in total. The fourth-order valence-electron chi connectivity index (χ4n) is 1.77. The Hall–Kier alpha value is -1.19. The second-order valence-corrected chi connectivity index (χ2v) is 4.97. The van der Waals surface area contributed by atoms with E-state index in [0.717, 1.165) is 18.2 Å². The van der Waals surface area contributed by atoms with Crippen LogP contribution in [0.4, 0.5) is 13.2 Å². The number of benzene rings is 2. The van der Waals surface area contributed by atoms with E-state index in [0.29, 0.717) is 0 Å². The van der Waals surface area contributed by atoms with E-state index in [-0.39, 0.29) is 22.6 Å². The lowest BCUT2D eigenvalue weighted by atomic mass is 10.0. The minimum atomic E-state index is -0.898. The van der Waals surface area contributed by atoms with Gasteiger partial charge in [0.2, 0.25) is 0 Å². The van der Waals surface area contributed by atoms with Crippen molar-refractivity contribution >= 4 is 23.2 Å². The lowest BCUT2D eigenvalue weighted by Gasteiger charge is -2.13. The van der Waals surface area contributed by atoms with Crippen LogP contribution < -0.4 is 0 Å². The van der Waals surface area contributed by atoms with Crippen LogP contribution in [0.3, 0.4) is 0 Å². The number of alkyl halides is 1. The van der Waals surface area contributed by atoms with Crippen molar-refractivity contribution in [3.05, 3.63) is 70.0 Å². The van der Waals surface area contributed by atoms with Gasteiger partial charge in [-0.2, -0.15) is 0 Å². The van der Waals surface area contributed by atoms with Gasteiger partial charge >= 0.3 is 0 Å². The SMILES string of the molecule is Fc1ccc(F)c(C(Cl)Cc2c(F)cccc2Cl)c1. The van der Waals surface area contributed by atoms with Gasteiger partial charge in [0.25, 0.3) is 0 Å². The maximum atomic E-state index is 13.6. The van der Waals surface area contributed by atoms with Gasteiger partial charge in [0, 0.05) is 16.1 Å². The molecule has 0 aliphatic heterocycles. The molecule has 0 aliphatic carbocycles. The molecule has 1 atom stereocenters. The summed E-state index contributed by atoms with van der Waals surface area (Å²) in [5.74, 6) is -1.74. The van der Waals surface area contributed by atoms with Crippen LogP contribution in [-0.2, 0) is 6.42 Å². The van der Waals surface area contributed by atoms with Crippen LogP contribution in [0.2, 0.25) is 5.02 Å². The van der Waals surface area contributed by atoms with Crippen LogP contribution in [0.1, 0.15) is 16.5 Å². The lowest BCUT2D eigenvalue weighted by molar-refractivity contribution is 0.576. The third kappa shape index (κ3) is 3.23. The largest absolute Gasteiger partial charge is 0.207 e. The molecule has 0 N–H and O–H groups in total. The van der Waals surface area contributed by atoms with Crippen molar-refractivity contribution in [2.75, 3.05) is 0 Å². The third-order valence-electron chi connectivity index (χ3n) is 2.74. The minimum Gasteiger partial charge on any atom is -0.207 e. The number of rotatable bonds is 3. The van der Waals surface area contributed by atoms with Crippen molar-refractivity contribution in [2.24, 2.45) is 0 Å². The van der Waals surface area contributed by atoms with E-state index >= 15 is 0 Å². The molecule has 0 saturated carbocycles. The molecule has 0 saturated heterocycles. The summed E-state index contributed by atoms with van der Waals surface area (Å²) in [5.41, 5.74) is 0.175. The van der Waals surface area contributed by atoms with E-state index < -0.39 is 22.8 Å². The number of hydrogen-bond donors (Lipinski definition) is 0. The summed E-state index contributed by atoms with van der Waals surface area (Å²) >= 11 is 11.9. The van der Waals surface area contributed by atoms with E-state index in [1.54, 1.807) is 0 Å². The van der Waals surface area contributed by atoms with Gasteiger partial charge in [-0.25, -0.2) is 13.2 Å². The Balaban J connectivity index is 2.31. The predicted octanol–water partition coefficient (Wildman–Crippen LogP) is 5.28. The molecule has 100 valence electrons. The summed E-state index contributed by atoms with van der Waals surface area (Å²) < 4.78 is 40.2. The molecule has 2 aromatic rings. The Morgan fingerprint density at radius 3 is 2.42 bits per heavy atom. The maximum absolute atomic E-state index is 13.6. The molecule has 0 bridgehead atoms. The Labute approximate surface area is 118 Å². The van der Waals surface area contributed by atoms with Gasteiger partial charge in [-0.1, -0.05) is 17.7 Å². The third-order valence-corrected chi connectivity index (χ3v) is 3.48. The molecule has 5 heteroatoms. The van der Waals surface area contributed by atoms with Crippen molar-refractivity contribution < 1.29 is 13.2 Å². The summed E-state index contributed by atoms with van der Waals surface area (Å²) in [4.78, 5) is 0. The van der Waals surface area contributed by atoms with Crippen molar-refractivity contribution in [3.8, 4) is 0 Å². The average molecular weight is 305 g/mol. The monoisotopic (exact) mass is 304 g/mol. The summed E-state index contributed by atoms with van der Waals surface area (Å²) in [6.07, 6.45) is -0.0204. The summed E-state index contributed by atoms with van der Waals surface area (Å²) in [5, 5.41) is -0.687. The number of halogens is 5. The summed E-state index contributed by atoms with van der Waals surface area (Å²) in [7, 11) is 0. The zero-order valence-corrected chi connectivity index (χ0v) is 11.2. The summed E-state index contributed by atoms with van der Waals surface area (Å²) in [6.45, 7) is 0. The molecule has 1 unspecified atom stereocenters. The Bertz CT molecular complexity index is 579. The quantitative estimate of drug-likeness (QED) is 0.677. The molecule has 0 amide bonds. The normalized spacial score (nSPS) is 12.5. The van der Waals surface area contributed by atoms with Gasteiger partial charge in [0.05, 0.1) is 5.38 Å². The second kappa shape index (κ2) is 5.85. The predicted molar refractivity (Wildman–Crippen MR) is 70.1 cm³/mol. The van der Waals surface area contributed by atoms with Crippen LogP contribution in [-0.4, -0.2) is 0 Å². The maximum Gasteiger partial charge on any atom is 0.128 e. The van der Waals surface area contributed by atoms with Crippen LogP contribution in [0.5, 0.6) is 0 Å². The highest BCUT2D eigenvalue weighted by molar-refractivity contribution is 6.31. The molecule has 0 radical (unpaired) electrons. The standard InChI is InChI=1S/C14H9Cl2F3/c15-11-2-1-3-13(18)10(11)7-12(16)9-6-8(17)4-5-14(9)19/h1-6,12H,7H2. The van der Waals surface area contributed by atoms with Gasteiger partial charge in [-0.3, -0.25) is 0 Å². The van der Waals surface area contributed by atoms with E-state index in [9.17, 15) is 13.2 Å². The van der Waals surface area contributed by atoms with E-state index in [1.807, 2.05) is 0 Å². The molecular formula is C14H9Cl2F3. The van der Waals surface area contributed by atoms with Crippen molar-refractivity contribution in [3.63, 3.8) is 0 Å². The molecule has 0 fully saturated rings. The summed E-state index contributed by atoms with van der Waals surface area (Å²) in [6, 6.07) is 7.22. The van der Waals surface area contributed by atoms with E-state index in [2.05, 4.69) is 0 Å². The zero-order chi connectivity index (χ0) is 14.0. The Morgan fingerprint density at radius 1 is 1.00 bits per heavy atom. The van der Waals surface area contributed by atoms with Crippen LogP contribution in [0.15, 0.2) is 36.4 Å². The van der Waals surface area contributed by atoms with Gasteiger partial charge in [-0.15, -0.1) is 11.6 Å². The first-order valence-corrected chi connectivity index (χ1v) is 6.32. The van der Waals surface area contributed by atoms with E-state index in [4.69, 9.17) is 23.2 Å². The molecular weight excluding hydrogens is 296 g/mol.